The molecule has 0 rings (SSSR count). The molecule has 0 spiro atoms. The number of hydrogen-bond acceptors (Lipinski definition) is 1. The molecule has 0 aromatic heterocycles. The summed E-state index contributed by atoms with van der Waals surface area (Å²) in [5, 5.41) is 0. The van der Waals surface area contributed by atoms with E-state index in [0.717, 1.165) is 11.9 Å². The van der Waals surface area contributed by atoms with Gasteiger partial charge in [0.25, 0.3) is 0 Å². The van der Waals surface area contributed by atoms with Crippen molar-refractivity contribution >= 4 is 6.29 Å². The van der Waals surface area contributed by atoms with Gasteiger partial charge >= 0.3 is 0 Å². The van der Waals surface area contributed by atoms with Crippen LogP contribution in [0.5, 0.6) is 0 Å². The molecule has 0 aliphatic rings. The highest BCUT2D eigenvalue weighted by molar-refractivity contribution is 5.72. The normalized spacial score (nSPS) is 17.2. The topological polar surface area (TPSA) is 17.1 Å². The lowest BCUT2D eigenvalue weighted by Gasteiger charge is -2.11. The van der Waals surface area contributed by atoms with Crippen LogP contribution in [-0.2, 0) is 4.79 Å². The van der Waals surface area contributed by atoms with Crippen molar-refractivity contribution < 1.29 is 4.79 Å². The van der Waals surface area contributed by atoms with E-state index in [-0.39, 0.29) is 0 Å². The van der Waals surface area contributed by atoms with Gasteiger partial charge in [-0.3, -0.25) is 4.79 Å². The third-order valence-electron chi connectivity index (χ3n) is 1.91. The first-order chi connectivity index (χ1) is 5.11. The molecule has 62 valence electrons. The lowest BCUT2D eigenvalue weighted by molar-refractivity contribution is -0.104. The number of allylic oxidation sites excluding steroid dienone is 3. The molecule has 0 heterocycles. The number of carbonyl (C=O) groups excluding carboxylic acids is 1. The number of carbonyl (C=O) groups is 1. The molecule has 0 amide bonds. The maximum atomic E-state index is 10.3. The molecule has 11 heavy (non-hydrogen) atoms. The zero-order valence-electron chi connectivity index (χ0n) is 7.50. The quantitative estimate of drug-likeness (QED) is 0.344. The number of hydrogen-bond donors (Lipinski definition) is 0. The molecule has 2 atom stereocenters. The average Bonchev–Trinajstić information content (AvgIpc) is 2.02. The Morgan fingerprint density at radius 1 is 1.36 bits per heavy atom. The minimum Gasteiger partial charge on any atom is -0.298 e. The first kappa shape index (κ1) is 10.2. The van der Waals surface area contributed by atoms with Gasteiger partial charge in [0.05, 0.1) is 0 Å². The monoisotopic (exact) mass is 152 g/mol. The molecule has 1 nitrogen and oxygen atoms in total. The Bertz CT molecular complexity index is 168. The smallest absolute Gasteiger partial charge is 0.145 e. The highest BCUT2D eigenvalue weighted by atomic mass is 16.1. The van der Waals surface area contributed by atoms with Crippen LogP contribution in [0.15, 0.2) is 24.3 Å². The van der Waals surface area contributed by atoms with Crippen LogP contribution < -0.4 is 0 Å². The predicted molar refractivity (Wildman–Crippen MR) is 48.3 cm³/mol. The van der Waals surface area contributed by atoms with E-state index in [4.69, 9.17) is 0 Å². The fourth-order valence-electron chi connectivity index (χ4n) is 0.820. The van der Waals surface area contributed by atoms with Gasteiger partial charge in [-0.15, -0.1) is 6.58 Å². The average molecular weight is 152 g/mol. The summed E-state index contributed by atoms with van der Waals surface area (Å²) in [6.07, 6.45) is 4.75. The third kappa shape index (κ3) is 3.76. The van der Waals surface area contributed by atoms with E-state index in [1.54, 1.807) is 0 Å². The van der Waals surface area contributed by atoms with E-state index in [1.165, 1.54) is 0 Å². The van der Waals surface area contributed by atoms with Gasteiger partial charge in [-0.2, -0.15) is 0 Å². The Morgan fingerprint density at radius 2 is 1.91 bits per heavy atom. The number of aldehydes is 1. The van der Waals surface area contributed by atoms with Crippen molar-refractivity contribution in [1.82, 2.24) is 0 Å². The van der Waals surface area contributed by atoms with E-state index in [2.05, 4.69) is 20.4 Å². The van der Waals surface area contributed by atoms with E-state index in [0.29, 0.717) is 11.8 Å². The van der Waals surface area contributed by atoms with E-state index < -0.39 is 0 Å². The zero-order valence-corrected chi connectivity index (χ0v) is 7.50. The predicted octanol–water partition coefficient (Wildman–Crippen LogP) is 2.59. The van der Waals surface area contributed by atoms with Crippen molar-refractivity contribution in [2.75, 3.05) is 0 Å². The van der Waals surface area contributed by atoms with Gasteiger partial charge in [0.1, 0.15) is 6.29 Å². The molecule has 0 radical (unpaired) electrons. The zero-order chi connectivity index (χ0) is 8.85. The molecule has 0 N–H and O–H groups in total. The van der Waals surface area contributed by atoms with Crippen LogP contribution in [0.25, 0.3) is 0 Å². The summed E-state index contributed by atoms with van der Waals surface area (Å²) in [5.74, 6) is 0.836. The number of rotatable bonds is 4. The Morgan fingerprint density at radius 3 is 2.27 bits per heavy atom. The van der Waals surface area contributed by atoms with Crippen LogP contribution in [-0.4, -0.2) is 6.29 Å². The van der Waals surface area contributed by atoms with Crippen molar-refractivity contribution in [3.8, 4) is 0 Å². The summed E-state index contributed by atoms with van der Waals surface area (Å²) in [6.45, 7) is 9.69. The maximum Gasteiger partial charge on any atom is 0.145 e. The third-order valence-corrected chi connectivity index (χ3v) is 1.91. The Kier molecular flexibility index (Phi) is 4.51. The first-order valence-corrected chi connectivity index (χ1v) is 3.88. The standard InChI is InChI=1S/C10H16O/c1-5-9(3)10(4)6-8(2)7-11/h5-7,9-10H,1H2,2-4H3. The van der Waals surface area contributed by atoms with Gasteiger partial charge in [-0.25, -0.2) is 0 Å². The summed E-state index contributed by atoms with van der Waals surface area (Å²) in [5.41, 5.74) is 0.797. The van der Waals surface area contributed by atoms with Gasteiger partial charge in [0, 0.05) is 0 Å². The fourth-order valence-corrected chi connectivity index (χ4v) is 0.820. The highest BCUT2D eigenvalue weighted by Crippen LogP contribution is 2.14. The van der Waals surface area contributed by atoms with Crippen molar-refractivity contribution in [3.05, 3.63) is 24.3 Å². The summed E-state index contributed by atoms with van der Waals surface area (Å²) in [7, 11) is 0. The molecular weight excluding hydrogens is 136 g/mol. The minimum atomic E-state index is 0.401. The Balaban J connectivity index is 4.14. The largest absolute Gasteiger partial charge is 0.298 e. The lowest BCUT2D eigenvalue weighted by atomic mass is 9.94. The molecule has 0 bridgehead atoms. The van der Waals surface area contributed by atoms with E-state index in [9.17, 15) is 4.79 Å². The van der Waals surface area contributed by atoms with Gasteiger partial charge in [-0.1, -0.05) is 26.0 Å². The van der Waals surface area contributed by atoms with Gasteiger partial charge in [0.15, 0.2) is 0 Å². The van der Waals surface area contributed by atoms with Gasteiger partial charge in [0.2, 0.25) is 0 Å². The van der Waals surface area contributed by atoms with Crippen LogP contribution in [0, 0.1) is 11.8 Å². The van der Waals surface area contributed by atoms with Gasteiger partial charge < -0.3 is 0 Å². The first-order valence-electron chi connectivity index (χ1n) is 3.88. The van der Waals surface area contributed by atoms with Crippen molar-refractivity contribution in [2.45, 2.75) is 20.8 Å². The molecular formula is C10H16O. The van der Waals surface area contributed by atoms with Crippen LogP contribution in [0.2, 0.25) is 0 Å². The second-order valence-corrected chi connectivity index (χ2v) is 2.98. The molecule has 0 aromatic carbocycles. The molecule has 2 unspecified atom stereocenters. The Hall–Kier alpha value is -0.850. The lowest BCUT2D eigenvalue weighted by Crippen LogP contribution is -2.02. The minimum absolute atomic E-state index is 0.401. The highest BCUT2D eigenvalue weighted by Gasteiger charge is 2.04. The molecule has 0 saturated heterocycles. The Labute approximate surface area is 68.8 Å². The maximum absolute atomic E-state index is 10.3. The van der Waals surface area contributed by atoms with E-state index in [1.807, 2.05) is 19.1 Å². The van der Waals surface area contributed by atoms with Crippen molar-refractivity contribution in [1.29, 1.82) is 0 Å². The second-order valence-electron chi connectivity index (χ2n) is 2.98. The van der Waals surface area contributed by atoms with Crippen LogP contribution >= 0.6 is 0 Å². The SMILES string of the molecule is C=CC(C)C(C)C=C(C)C=O. The van der Waals surface area contributed by atoms with Crippen LogP contribution in [0.3, 0.4) is 0 Å². The van der Waals surface area contributed by atoms with E-state index >= 15 is 0 Å². The molecule has 0 saturated carbocycles. The molecule has 1 heteroatoms. The van der Waals surface area contributed by atoms with Crippen molar-refractivity contribution in [3.63, 3.8) is 0 Å². The summed E-state index contributed by atoms with van der Waals surface area (Å²) < 4.78 is 0. The summed E-state index contributed by atoms with van der Waals surface area (Å²) in [4.78, 5) is 10.3. The molecule has 0 aliphatic carbocycles. The molecule has 0 fully saturated rings. The van der Waals surface area contributed by atoms with Crippen LogP contribution in [0.1, 0.15) is 20.8 Å². The molecule has 0 aliphatic heterocycles. The second kappa shape index (κ2) is 4.89. The van der Waals surface area contributed by atoms with Crippen molar-refractivity contribution in [2.24, 2.45) is 11.8 Å². The fraction of sp³-hybridized carbons (Fsp3) is 0.500. The van der Waals surface area contributed by atoms with Crippen LogP contribution in [0.4, 0.5) is 0 Å². The molecule has 0 aromatic rings. The summed E-state index contributed by atoms with van der Waals surface area (Å²) >= 11 is 0. The summed E-state index contributed by atoms with van der Waals surface area (Å²) in [6, 6.07) is 0. The van der Waals surface area contributed by atoms with Gasteiger partial charge in [-0.05, 0) is 24.3 Å².